The molecular weight excluding hydrogens is 213 g/mol. The number of esters is 1. The second kappa shape index (κ2) is 5.46. The lowest BCUT2D eigenvalue weighted by atomic mass is 10.1. The predicted molar refractivity (Wildman–Crippen MR) is 56.6 cm³/mol. The molecule has 1 unspecified atom stereocenters. The van der Waals surface area contributed by atoms with Gasteiger partial charge >= 0.3 is 5.97 Å². The molecule has 0 aliphatic carbocycles. The van der Waals surface area contributed by atoms with Crippen LogP contribution in [0.5, 0.6) is 5.75 Å². The van der Waals surface area contributed by atoms with Crippen LogP contribution in [0.15, 0.2) is 18.2 Å². The number of nitrogens with two attached hydrogens (primary N) is 1. The van der Waals surface area contributed by atoms with Crippen LogP contribution in [0, 0.1) is 5.82 Å². The summed E-state index contributed by atoms with van der Waals surface area (Å²) in [7, 11) is 2.70. The molecule has 16 heavy (non-hydrogen) atoms. The third-order valence-corrected chi connectivity index (χ3v) is 2.20. The van der Waals surface area contributed by atoms with Crippen molar-refractivity contribution < 1.29 is 18.7 Å². The summed E-state index contributed by atoms with van der Waals surface area (Å²) in [5.41, 5.74) is 5.89. The zero-order chi connectivity index (χ0) is 12.1. The molecule has 0 aromatic heterocycles. The van der Waals surface area contributed by atoms with Gasteiger partial charge in [0.05, 0.1) is 14.2 Å². The number of halogens is 1. The number of hydrogen-bond donors (Lipinski definition) is 1. The van der Waals surface area contributed by atoms with Gasteiger partial charge in [-0.15, -0.1) is 0 Å². The lowest BCUT2D eigenvalue weighted by Crippen LogP contribution is -2.33. The molecule has 2 N–H and O–H groups in total. The van der Waals surface area contributed by atoms with E-state index < -0.39 is 17.8 Å². The Hall–Kier alpha value is -1.62. The molecule has 0 aliphatic heterocycles. The van der Waals surface area contributed by atoms with Crippen molar-refractivity contribution >= 4 is 5.97 Å². The molecule has 0 heterocycles. The second-order valence-electron chi connectivity index (χ2n) is 3.29. The minimum absolute atomic E-state index is 0.0997. The van der Waals surface area contributed by atoms with Gasteiger partial charge in [-0.2, -0.15) is 0 Å². The average molecular weight is 227 g/mol. The number of carbonyl (C=O) groups is 1. The molecule has 0 saturated heterocycles. The molecule has 0 aliphatic rings. The fraction of sp³-hybridized carbons (Fsp3) is 0.364. The summed E-state index contributed by atoms with van der Waals surface area (Å²) in [6.45, 7) is 0. The van der Waals surface area contributed by atoms with Gasteiger partial charge in [0.15, 0.2) is 0 Å². The molecular formula is C11H14FNO3. The molecule has 1 aromatic rings. The highest BCUT2D eigenvalue weighted by Crippen LogP contribution is 2.17. The fourth-order valence-electron chi connectivity index (χ4n) is 1.29. The minimum Gasteiger partial charge on any atom is -0.497 e. The van der Waals surface area contributed by atoms with E-state index in [0.29, 0.717) is 11.3 Å². The molecule has 0 saturated carbocycles. The largest absolute Gasteiger partial charge is 0.497 e. The number of benzene rings is 1. The first kappa shape index (κ1) is 12.4. The van der Waals surface area contributed by atoms with Crippen molar-refractivity contribution in [1.82, 2.24) is 0 Å². The van der Waals surface area contributed by atoms with Gasteiger partial charge in [-0.3, -0.25) is 4.79 Å². The normalized spacial score (nSPS) is 12.0. The number of rotatable bonds is 4. The minimum atomic E-state index is -0.854. The van der Waals surface area contributed by atoms with Crippen molar-refractivity contribution in [3.05, 3.63) is 29.6 Å². The van der Waals surface area contributed by atoms with E-state index in [2.05, 4.69) is 4.74 Å². The van der Waals surface area contributed by atoms with Gasteiger partial charge < -0.3 is 15.2 Å². The molecule has 4 nitrogen and oxygen atoms in total. The zero-order valence-electron chi connectivity index (χ0n) is 9.20. The van der Waals surface area contributed by atoms with Crippen molar-refractivity contribution in [1.29, 1.82) is 0 Å². The Balaban J connectivity index is 2.78. The summed E-state index contributed by atoms with van der Waals surface area (Å²) < 4.78 is 22.8. The summed E-state index contributed by atoms with van der Waals surface area (Å²) >= 11 is 0. The van der Waals surface area contributed by atoms with Crippen molar-refractivity contribution in [2.24, 2.45) is 5.73 Å². The summed E-state index contributed by atoms with van der Waals surface area (Å²) in [6.07, 6.45) is 0.0997. The van der Waals surface area contributed by atoms with Gasteiger partial charge in [0.2, 0.25) is 0 Å². The number of carbonyl (C=O) groups excluding carboxylic acids is 1. The molecule has 88 valence electrons. The average Bonchev–Trinajstić information content (AvgIpc) is 2.30. The topological polar surface area (TPSA) is 61.5 Å². The Labute approximate surface area is 93.2 Å². The third-order valence-electron chi connectivity index (χ3n) is 2.20. The summed E-state index contributed by atoms with van der Waals surface area (Å²) in [4.78, 5) is 11.1. The van der Waals surface area contributed by atoms with E-state index >= 15 is 0 Å². The number of methoxy groups -OCH3 is 2. The highest BCUT2D eigenvalue weighted by molar-refractivity contribution is 5.75. The zero-order valence-corrected chi connectivity index (χ0v) is 9.20. The maximum absolute atomic E-state index is 13.5. The van der Waals surface area contributed by atoms with Crippen molar-refractivity contribution in [2.75, 3.05) is 14.2 Å². The molecule has 5 heteroatoms. The van der Waals surface area contributed by atoms with E-state index in [0.717, 1.165) is 0 Å². The quantitative estimate of drug-likeness (QED) is 0.775. The van der Waals surface area contributed by atoms with E-state index in [9.17, 15) is 9.18 Å². The molecule has 1 rings (SSSR count). The predicted octanol–water partition coefficient (Wildman–Crippen LogP) is 0.877. The van der Waals surface area contributed by atoms with Crippen LogP contribution < -0.4 is 10.5 Å². The Bertz CT molecular complexity index is 381. The van der Waals surface area contributed by atoms with Crippen LogP contribution in [0.25, 0.3) is 0 Å². The third kappa shape index (κ3) is 2.93. The van der Waals surface area contributed by atoms with Gasteiger partial charge in [-0.25, -0.2) is 4.39 Å². The Morgan fingerprint density at radius 2 is 2.19 bits per heavy atom. The molecule has 1 atom stereocenters. The van der Waals surface area contributed by atoms with E-state index in [1.165, 1.54) is 26.4 Å². The summed E-state index contributed by atoms with van der Waals surface area (Å²) in [5, 5.41) is 0. The van der Waals surface area contributed by atoms with E-state index in [-0.39, 0.29) is 6.42 Å². The van der Waals surface area contributed by atoms with Gasteiger partial charge in [-0.05, 0) is 11.6 Å². The SMILES string of the molecule is COC(=O)C(N)Cc1ccc(OC)cc1F. The van der Waals surface area contributed by atoms with E-state index in [1.54, 1.807) is 6.07 Å². The first-order valence-electron chi connectivity index (χ1n) is 4.74. The smallest absolute Gasteiger partial charge is 0.322 e. The van der Waals surface area contributed by atoms with Gasteiger partial charge in [0, 0.05) is 12.5 Å². The first-order chi connectivity index (χ1) is 7.58. The molecule has 0 radical (unpaired) electrons. The van der Waals surface area contributed by atoms with Gasteiger partial charge in [0.1, 0.15) is 17.6 Å². The highest BCUT2D eigenvalue weighted by atomic mass is 19.1. The standard InChI is InChI=1S/C11H14FNO3/c1-15-8-4-3-7(9(12)6-8)5-10(13)11(14)16-2/h3-4,6,10H,5,13H2,1-2H3. The highest BCUT2D eigenvalue weighted by Gasteiger charge is 2.16. The van der Waals surface area contributed by atoms with Crippen LogP contribution in [0.2, 0.25) is 0 Å². The van der Waals surface area contributed by atoms with E-state index in [4.69, 9.17) is 10.5 Å². The molecule has 0 spiro atoms. The van der Waals surface area contributed by atoms with Crippen molar-refractivity contribution in [3.63, 3.8) is 0 Å². The van der Waals surface area contributed by atoms with Gasteiger partial charge in [-0.1, -0.05) is 6.07 Å². The van der Waals surface area contributed by atoms with Crippen LogP contribution in [0.4, 0.5) is 4.39 Å². The first-order valence-corrected chi connectivity index (χ1v) is 4.74. The Morgan fingerprint density at radius 3 is 2.69 bits per heavy atom. The summed E-state index contributed by atoms with van der Waals surface area (Å²) in [5.74, 6) is -0.582. The van der Waals surface area contributed by atoms with Crippen LogP contribution in [-0.4, -0.2) is 26.2 Å². The number of hydrogen-bond acceptors (Lipinski definition) is 4. The molecule has 0 amide bonds. The fourth-order valence-corrected chi connectivity index (χ4v) is 1.29. The summed E-state index contributed by atoms with van der Waals surface area (Å²) in [6, 6.07) is 3.55. The maximum atomic E-state index is 13.5. The lowest BCUT2D eigenvalue weighted by Gasteiger charge is -2.10. The van der Waals surface area contributed by atoms with Crippen LogP contribution in [0.3, 0.4) is 0 Å². The monoisotopic (exact) mass is 227 g/mol. The number of ether oxygens (including phenoxy) is 2. The molecule has 0 bridgehead atoms. The van der Waals surface area contributed by atoms with Crippen LogP contribution in [-0.2, 0) is 16.0 Å². The van der Waals surface area contributed by atoms with Crippen LogP contribution >= 0.6 is 0 Å². The second-order valence-corrected chi connectivity index (χ2v) is 3.29. The molecule has 0 fully saturated rings. The maximum Gasteiger partial charge on any atom is 0.322 e. The Kier molecular flexibility index (Phi) is 4.25. The van der Waals surface area contributed by atoms with Crippen molar-refractivity contribution in [3.8, 4) is 5.75 Å². The Morgan fingerprint density at radius 1 is 1.50 bits per heavy atom. The van der Waals surface area contributed by atoms with Gasteiger partial charge in [0.25, 0.3) is 0 Å². The lowest BCUT2D eigenvalue weighted by molar-refractivity contribution is -0.142. The van der Waals surface area contributed by atoms with Crippen molar-refractivity contribution in [2.45, 2.75) is 12.5 Å². The van der Waals surface area contributed by atoms with Crippen LogP contribution in [0.1, 0.15) is 5.56 Å². The molecule has 1 aromatic carbocycles. The van der Waals surface area contributed by atoms with E-state index in [1.807, 2.05) is 0 Å².